The Bertz CT molecular complexity index is 1240. The maximum atomic E-state index is 12.5. The first-order chi connectivity index (χ1) is 15.1. The molecule has 2 aromatic heterocycles. The number of rotatable bonds is 7. The third-order valence-corrected chi connectivity index (χ3v) is 4.99. The third-order valence-electron chi connectivity index (χ3n) is 4.99. The van der Waals surface area contributed by atoms with Gasteiger partial charge in [-0.3, -0.25) is 4.79 Å². The molecule has 0 radical (unpaired) electrons. The van der Waals surface area contributed by atoms with Gasteiger partial charge in [-0.05, 0) is 29.8 Å². The van der Waals surface area contributed by atoms with Gasteiger partial charge in [-0.25, -0.2) is 14.6 Å². The van der Waals surface area contributed by atoms with Gasteiger partial charge in [0.25, 0.3) is 0 Å². The van der Waals surface area contributed by atoms with Crippen LogP contribution in [0.1, 0.15) is 5.56 Å². The number of aliphatic hydroxyl groups is 1. The fraction of sp³-hybridized carbons (Fsp3) is 0.130. The average Bonchev–Trinajstić information content (AvgIpc) is 3.20. The molecule has 0 saturated heterocycles. The van der Waals surface area contributed by atoms with E-state index >= 15 is 0 Å². The number of para-hydroxylation sites is 1. The number of aromatic nitrogens is 4. The summed E-state index contributed by atoms with van der Waals surface area (Å²) in [5.41, 5.74) is 9.72. The maximum absolute atomic E-state index is 12.5. The van der Waals surface area contributed by atoms with E-state index in [2.05, 4.69) is 16.5 Å². The zero-order chi connectivity index (χ0) is 21.8. The van der Waals surface area contributed by atoms with Gasteiger partial charge < -0.3 is 15.7 Å². The molecule has 3 N–H and O–H groups in total. The van der Waals surface area contributed by atoms with Crippen LogP contribution in [0.3, 0.4) is 0 Å². The lowest BCUT2D eigenvalue weighted by molar-refractivity contribution is -0.114. The van der Waals surface area contributed by atoms with Crippen molar-refractivity contribution in [3.8, 4) is 11.3 Å². The van der Waals surface area contributed by atoms with Crippen molar-refractivity contribution in [1.82, 2.24) is 19.7 Å². The number of hydrogen-bond donors (Lipinski definition) is 2. The second-order valence-electron chi connectivity index (χ2n) is 6.92. The molecule has 2 aromatic carbocycles. The van der Waals surface area contributed by atoms with Gasteiger partial charge in [0, 0.05) is 17.8 Å². The van der Waals surface area contributed by atoms with Gasteiger partial charge in [-0.15, -0.1) is 0 Å². The van der Waals surface area contributed by atoms with Crippen molar-refractivity contribution in [2.75, 3.05) is 17.2 Å². The second kappa shape index (κ2) is 8.76. The van der Waals surface area contributed by atoms with Crippen LogP contribution >= 0.6 is 0 Å². The third kappa shape index (κ3) is 4.01. The van der Waals surface area contributed by atoms with Crippen molar-refractivity contribution < 1.29 is 9.90 Å². The van der Waals surface area contributed by atoms with E-state index in [-0.39, 0.29) is 12.5 Å². The van der Waals surface area contributed by atoms with E-state index in [0.29, 0.717) is 35.6 Å². The summed E-state index contributed by atoms with van der Waals surface area (Å²) < 4.78 is 1.72. The number of fused-ring (bicyclic) bond motifs is 1. The molecule has 2 heterocycles. The van der Waals surface area contributed by atoms with Gasteiger partial charge in [0.15, 0.2) is 5.65 Å². The molecule has 0 fully saturated rings. The summed E-state index contributed by atoms with van der Waals surface area (Å²) in [6.07, 6.45) is 2.69. The Labute approximate surface area is 179 Å². The predicted octanol–water partition coefficient (Wildman–Crippen LogP) is 2.79. The van der Waals surface area contributed by atoms with E-state index in [0.717, 1.165) is 16.8 Å². The van der Waals surface area contributed by atoms with Crippen molar-refractivity contribution in [2.24, 2.45) is 0 Å². The van der Waals surface area contributed by atoms with E-state index in [1.54, 1.807) is 9.58 Å². The first-order valence-electron chi connectivity index (χ1n) is 9.78. The standard InChI is InChI=1S/C23H22N6O2/c1-2-19(31)28(18-9-4-3-5-10-18)11-12-29-23-20(22(24)25-15-26-23)21(27-29)17-8-6-7-16(13-17)14-30/h2-10,13,15,30H,1,11-12,14H2,(H2,24,25,26). The van der Waals surface area contributed by atoms with Crippen molar-refractivity contribution in [1.29, 1.82) is 0 Å². The van der Waals surface area contributed by atoms with Crippen molar-refractivity contribution >= 4 is 28.4 Å². The lowest BCUT2D eigenvalue weighted by atomic mass is 10.1. The number of benzene rings is 2. The molecule has 0 aliphatic heterocycles. The van der Waals surface area contributed by atoms with E-state index in [9.17, 15) is 9.90 Å². The Morgan fingerprint density at radius 2 is 1.97 bits per heavy atom. The van der Waals surface area contributed by atoms with Crippen molar-refractivity contribution in [2.45, 2.75) is 13.2 Å². The Kier molecular flexibility index (Phi) is 5.72. The molecule has 0 unspecified atom stereocenters. The van der Waals surface area contributed by atoms with Crippen LogP contribution in [0.25, 0.3) is 22.3 Å². The smallest absolute Gasteiger partial charge is 0.250 e. The number of carbonyl (C=O) groups excluding carboxylic acids is 1. The number of nitrogen functional groups attached to an aromatic ring is 1. The largest absolute Gasteiger partial charge is 0.392 e. The highest BCUT2D eigenvalue weighted by Gasteiger charge is 2.19. The lowest BCUT2D eigenvalue weighted by Gasteiger charge is -2.21. The normalized spacial score (nSPS) is 10.9. The molecule has 8 heteroatoms. The van der Waals surface area contributed by atoms with Gasteiger partial charge >= 0.3 is 0 Å². The predicted molar refractivity (Wildman–Crippen MR) is 120 cm³/mol. The molecule has 8 nitrogen and oxygen atoms in total. The van der Waals surface area contributed by atoms with Crippen molar-refractivity contribution in [3.05, 3.63) is 79.1 Å². The van der Waals surface area contributed by atoms with Gasteiger partial charge in [-0.1, -0.05) is 43.0 Å². The lowest BCUT2D eigenvalue weighted by Crippen LogP contribution is -2.32. The molecule has 0 aliphatic rings. The number of anilines is 2. The van der Waals surface area contributed by atoms with Crippen LogP contribution in [-0.4, -0.2) is 37.3 Å². The quantitative estimate of drug-likeness (QED) is 0.450. The Balaban J connectivity index is 1.73. The minimum absolute atomic E-state index is 0.0752. The maximum Gasteiger partial charge on any atom is 0.250 e. The van der Waals surface area contributed by atoms with Gasteiger partial charge in [0.05, 0.1) is 18.5 Å². The fourth-order valence-electron chi connectivity index (χ4n) is 3.48. The minimum Gasteiger partial charge on any atom is -0.392 e. The number of amides is 1. The molecule has 1 amide bonds. The first kappa shape index (κ1) is 20.2. The summed E-state index contributed by atoms with van der Waals surface area (Å²) in [5.74, 6) is 0.121. The topological polar surface area (TPSA) is 110 Å². The van der Waals surface area contributed by atoms with E-state index < -0.39 is 0 Å². The summed E-state index contributed by atoms with van der Waals surface area (Å²) in [7, 11) is 0. The van der Waals surface area contributed by atoms with Crippen LogP contribution in [0.15, 0.2) is 73.6 Å². The Hall–Kier alpha value is -4.04. The molecular weight excluding hydrogens is 392 g/mol. The molecule has 0 spiro atoms. The van der Waals surface area contributed by atoms with Gasteiger partial charge in [0.2, 0.25) is 5.91 Å². The number of nitrogens with zero attached hydrogens (tertiary/aromatic N) is 5. The SMILES string of the molecule is C=CC(=O)N(CCn1nc(-c2cccc(CO)c2)c2c(N)ncnc21)c1ccccc1. The van der Waals surface area contributed by atoms with Crippen molar-refractivity contribution in [3.63, 3.8) is 0 Å². The Morgan fingerprint density at radius 3 is 2.71 bits per heavy atom. The molecule has 0 aliphatic carbocycles. The van der Waals surface area contributed by atoms with Crippen LogP contribution in [0.2, 0.25) is 0 Å². The van der Waals surface area contributed by atoms with Crippen LogP contribution in [0.5, 0.6) is 0 Å². The number of hydrogen-bond acceptors (Lipinski definition) is 6. The highest BCUT2D eigenvalue weighted by Crippen LogP contribution is 2.30. The van der Waals surface area contributed by atoms with Gasteiger partial charge in [0.1, 0.15) is 17.8 Å². The molecule has 0 atom stereocenters. The summed E-state index contributed by atoms with van der Waals surface area (Å²) in [6, 6.07) is 16.8. The molecular formula is C23H22N6O2. The fourth-order valence-corrected chi connectivity index (χ4v) is 3.48. The van der Waals surface area contributed by atoms with Crippen LogP contribution in [0.4, 0.5) is 11.5 Å². The average molecular weight is 414 g/mol. The van der Waals surface area contributed by atoms with E-state index in [1.807, 2.05) is 54.6 Å². The molecule has 0 saturated carbocycles. The number of carbonyl (C=O) groups is 1. The number of aliphatic hydroxyl groups excluding tert-OH is 1. The summed E-state index contributed by atoms with van der Waals surface area (Å²) in [4.78, 5) is 22.6. The first-order valence-corrected chi connectivity index (χ1v) is 9.78. The minimum atomic E-state index is -0.201. The zero-order valence-corrected chi connectivity index (χ0v) is 16.8. The molecule has 0 bridgehead atoms. The van der Waals surface area contributed by atoms with Gasteiger partial charge in [-0.2, -0.15) is 5.10 Å². The highest BCUT2D eigenvalue weighted by atomic mass is 16.3. The number of nitrogens with two attached hydrogens (primary N) is 1. The zero-order valence-electron chi connectivity index (χ0n) is 16.8. The molecule has 4 aromatic rings. The molecule has 156 valence electrons. The summed E-state index contributed by atoms with van der Waals surface area (Å²) in [5, 5.41) is 14.9. The van der Waals surface area contributed by atoms with Crippen LogP contribution < -0.4 is 10.6 Å². The Morgan fingerprint density at radius 1 is 1.16 bits per heavy atom. The second-order valence-corrected chi connectivity index (χ2v) is 6.92. The molecule has 31 heavy (non-hydrogen) atoms. The summed E-state index contributed by atoms with van der Waals surface area (Å²) >= 11 is 0. The summed E-state index contributed by atoms with van der Waals surface area (Å²) in [6.45, 7) is 4.29. The van der Waals surface area contributed by atoms with E-state index in [1.165, 1.54) is 12.4 Å². The molecule has 4 rings (SSSR count). The van der Waals surface area contributed by atoms with E-state index in [4.69, 9.17) is 10.8 Å². The monoisotopic (exact) mass is 414 g/mol. The van der Waals surface area contributed by atoms with Crippen LogP contribution in [0, 0.1) is 0 Å². The highest BCUT2D eigenvalue weighted by molar-refractivity contribution is 6.01. The van der Waals surface area contributed by atoms with Crippen LogP contribution in [-0.2, 0) is 17.9 Å².